The predicted octanol–water partition coefficient (Wildman–Crippen LogP) is 1.80. The second-order valence-corrected chi connectivity index (χ2v) is 3.90. The highest BCUT2D eigenvalue weighted by Gasteiger charge is 2.17. The normalized spacial score (nSPS) is 13.5. The molecular weight excluding hydrogens is 216 g/mol. The average Bonchev–Trinajstić information content (AvgIpc) is 2.39. The number of hydrogen-bond acceptors (Lipinski definition) is 4. The van der Waals surface area contributed by atoms with Gasteiger partial charge >= 0.3 is 0 Å². The smallest absolute Gasteiger partial charge is 0.190 e. The zero-order chi connectivity index (χ0) is 12.8. The van der Waals surface area contributed by atoms with E-state index in [2.05, 4.69) is 35.8 Å². The lowest BCUT2D eigenvalue weighted by Crippen LogP contribution is -2.34. The number of amidine groups is 1. The highest BCUT2D eigenvalue weighted by Crippen LogP contribution is 2.21. The highest BCUT2D eigenvalue weighted by atomic mass is 16.4. The number of nitrogens with zero attached hydrogens (tertiary/aromatic N) is 3. The molecule has 0 radical (unpaired) electrons. The van der Waals surface area contributed by atoms with Gasteiger partial charge in [-0.2, -0.15) is 0 Å². The van der Waals surface area contributed by atoms with E-state index in [1.54, 1.807) is 6.20 Å². The summed E-state index contributed by atoms with van der Waals surface area (Å²) in [6.07, 6.45) is 2.67. The van der Waals surface area contributed by atoms with Crippen molar-refractivity contribution in [3.05, 3.63) is 24.0 Å². The van der Waals surface area contributed by atoms with Crippen molar-refractivity contribution in [2.45, 2.75) is 33.2 Å². The van der Waals surface area contributed by atoms with E-state index in [-0.39, 0.29) is 5.84 Å². The summed E-state index contributed by atoms with van der Waals surface area (Å²) in [4.78, 5) is 6.37. The van der Waals surface area contributed by atoms with Gasteiger partial charge in [-0.1, -0.05) is 12.1 Å². The van der Waals surface area contributed by atoms with Crippen LogP contribution >= 0.6 is 0 Å². The quantitative estimate of drug-likeness (QED) is 0.354. The topological polar surface area (TPSA) is 74.7 Å². The SMILES string of the molecule is CCC(C)N(CC)c1cccnc1/C(N)=N/O. The molecule has 3 N–H and O–H groups in total. The van der Waals surface area contributed by atoms with Gasteiger partial charge in [-0.05, 0) is 32.4 Å². The second kappa shape index (κ2) is 6.08. The van der Waals surface area contributed by atoms with E-state index < -0.39 is 0 Å². The molecule has 0 bridgehead atoms. The van der Waals surface area contributed by atoms with E-state index in [9.17, 15) is 0 Å². The molecule has 1 heterocycles. The summed E-state index contributed by atoms with van der Waals surface area (Å²) in [6, 6.07) is 4.18. The fourth-order valence-electron chi connectivity index (χ4n) is 1.81. The minimum Gasteiger partial charge on any atom is -0.409 e. The Balaban J connectivity index is 3.19. The summed E-state index contributed by atoms with van der Waals surface area (Å²) in [6.45, 7) is 7.21. The number of hydrogen-bond donors (Lipinski definition) is 2. The minimum absolute atomic E-state index is 0.0438. The summed E-state index contributed by atoms with van der Waals surface area (Å²) in [5, 5.41) is 11.8. The van der Waals surface area contributed by atoms with Crippen LogP contribution in [0.25, 0.3) is 0 Å². The van der Waals surface area contributed by atoms with E-state index in [0.29, 0.717) is 11.7 Å². The number of oxime groups is 1. The van der Waals surface area contributed by atoms with Crippen LogP contribution in [-0.2, 0) is 0 Å². The second-order valence-electron chi connectivity index (χ2n) is 3.90. The van der Waals surface area contributed by atoms with Crippen molar-refractivity contribution in [3.8, 4) is 0 Å². The molecule has 0 aliphatic rings. The molecule has 1 rings (SSSR count). The van der Waals surface area contributed by atoms with Gasteiger partial charge in [-0.3, -0.25) is 4.98 Å². The summed E-state index contributed by atoms with van der Waals surface area (Å²) in [7, 11) is 0. The number of rotatable bonds is 5. The maximum Gasteiger partial charge on any atom is 0.190 e. The Kier molecular flexibility index (Phi) is 4.75. The van der Waals surface area contributed by atoms with Gasteiger partial charge in [0.2, 0.25) is 0 Å². The van der Waals surface area contributed by atoms with Crippen molar-refractivity contribution in [3.63, 3.8) is 0 Å². The van der Waals surface area contributed by atoms with Crippen LogP contribution in [0.1, 0.15) is 32.9 Å². The monoisotopic (exact) mass is 236 g/mol. The van der Waals surface area contributed by atoms with Gasteiger partial charge in [-0.25, -0.2) is 0 Å². The fourth-order valence-corrected chi connectivity index (χ4v) is 1.81. The molecule has 1 aromatic heterocycles. The summed E-state index contributed by atoms with van der Waals surface area (Å²) < 4.78 is 0. The molecule has 1 unspecified atom stereocenters. The van der Waals surface area contributed by atoms with Crippen molar-refractivity contribution >= 4 is 11.5 Å². The maximum atomic E-state index is 8.77. The molecule has 0 saturated heterocycles. The Hall–Kier alpha value is -1.78. The zero-order valence-corrected chi connectivity index (χ0v) is 10.6. The van der Waals surface area contributed by atoms with Crippen LogP contribution in [-0.4, -0.2) is 28.6 Å². The van der Waals surface area contributed by atoms with E-state index >= 15 is 0 Å². The molecule has 1 aromatic rings. The molecule has 94 valence electrons. The first-order valence-electron chi connectivity index (χ1n) is 5.85. The van der Waals surface area contributed by atoms with Gasteiger partial charge in [0.1, 0.15) is 5.69 Å². The molecular formula is C12H20N4O. The van der Waals surface area contributed by atoms with Gasteiger partial charge < -0.3 is 15.8 Å². The predicted molar refractivity (Wildman–Crippen MR) is 69.5 cm³/mol. The van der Waals surface area contributed by atoms with Crippen LogP contribution in [0.3, 0.4) is 0 Å². The van der Waals surface area contributed by atoms with E-state index in [4.69, 9.17) is 10.9 Å². The molecule has 5 nitrogen and oxygen atoms in total. The molecule has 1 atom stereocenters. The lowest BCUT2D eigenvalue weighted by Gasteiger charge is -2.30. The Morgan fingerprint density at radius 2 is 2.29 bits per heavy atom. The third-order valence-corrected chi connectivity index (χ3v) is 2.91. The molecule has 0 spiro atoms. The van der Waals surface area contributed by atoms with E-state index in [0.717, 1.165) is 18.7 Å². The third kappa shape index (κ3) is 2.87. The van der Waals surface area contributed by atoms with Crippen molar-refractivity contribution in [2.75, 3.05) is 11.4 Å². The maximum absolute atomic E-state index is 8.77. The summed E-state index contributed by atoms with van der Waals surface area (Å²) >= 11 is 0. The minimum atomic E-state index is 0.0438. The largest absolute Gasteiger partial charge is 0.409 e. The number of aromatic nitrogens is 1. The van der Waals surface area contributed by atoms with Crippen molar-refractivity contribution < 1.29 is 5.21 Å². The molecule has 0 aliphatic heterocycles. The Morgan fingerprint density at radius 1 is 1.59 bits per heavy atom. The van der Waals surface area contributed by atoms with Crippen LogP contribution in [0, 0.1) is 0 Å². The Bertz CT molecular complexity index is 392. The molecule has 0 amide bonds. The van der Waals surface area contributed by atoms with E-state index in [1.165, 1.54) is 0 Å². The molecule has 17 heavy (non-hydrogen) atoms. The van der Waals surface area contributed by atoms with Crippen LogP contribution in [0.4, 0.5) is 5.69 Å². The number of anilines is 1. The van der Waals surface area contributed by atoms with Gasteiger partial charge in [0.05, 0.1) is 5.69 Å². The molecule has 5 heteroatoms. The standard InChI is InChI=1S/C12H20N4O/c1-4-9(3)16(5-2)10-7-6-8-14-11(10)12(13)15-17/h6-9,17H,4-5H2,1-3H3,(H2,13,15). The lowest BCUT2D eigenvalue weighted by molar-refractivity contribution is 0.318. The average molecular weight is 236 g/mol. The first kappa shape index (κ1) is 13.3. The van der Waals surface area contributed by atoms with Gasteiger partial charge in [0.25, 0.3) is 0 Å². The van der Waals surface area contributed by atoms with Crippen LogP contribution < -0.4 is 10.6 Å². The first-order chi connectivity index (χ1) is 8.15. The van der Waals surface area contributed by atoms with Crippen molar-refractivity contribution in [1.82, 2.24) is 4.98 Å². The van der Waals surface area contributed by atoms with Crippen molar-refractivity contribution in [1.29, 1.82) is 0 Å². The van der Waals surface area contributed by atoms with Crippen LogP contribution in [0.5, 0.6) is 0 Å². The summed E-state index contributed by atoms with van der Waals surface area (Å²) in [5.41, 5.74) is 7.07. The number of nitrogens with two attached hydrogens (primary N) is 1. The van der Waals surface area contributed by atoms with Gasteiger partial charge in [0, 0.05) is 18.8 Å². The first-order valence-corrected chi connectivity index (χ1v) is 5.85. The molecule has 0 aromatic carbocycles. The fraction of sp³-hybridized carbons (Fsp3) is 0.500. The zero-order valence-electron chi connectivity index (χ0n) is 10.6. The van der Waals surface area contributed by atoms with Crippen molar-refractivity contribution in [2.24, 2.45) is 10.9 Å². The van der Waals surface area contributed by atoms with Gasteiger partial charge in [-0.15, -0.1) is 0 Å². The molecule has 0 aliphatic carbocycles. The van der Waals surface area contributed by atoms with E-state index in [1.807, 2.05) is 12.1 Å². The molecule has 0 saturated carbocycles. The number of pyridine rings is 1. The Morgan fingerprint density at radius 3 is 2.82 bits per heavy atom. The highest BCUT2D eigenvalue weighted by molar-refractivity contribution is 6.00. The third-order valence-electron chi connectivity index (χ3n) is 2.91. The lowest BCUT2D eigenvalue weighted by atomic mass is 10.1. The molecule has 0 fully saturated rings. The Labute approximate surface area is 102 Å². The summed E-state index contributed by atoms with van der Waals surface area (Å²) in [5.74, 6) is 0.0438. The van der Waals surface area contributed by atoms with Crippen LogP contribution in [0.2, 0.25) is 0 Å². The van der Waals surface area contributed by atoms with Crippen LogP contribution in [0.15, 0.2) is 23.5 Å². The van der Waals surface area contributed by atoms with Gasteiger partial charge in [0.15, 0.2) is 5.84 Å².